The van der Waals surface area contributed by atoms with Crippen molar-refractivity contribution in [2.45, 2.75) is 6.04 Å². The van der Waals surface area contributed by atoms with Crippen molar-refractivity contribution in [3.63, 3.8) is 0 Å². The lowest BCUT2D eigenvalue weighted by molar-refractivity contribution is -0.384. The molecule has 4 aromatic rings. The molecule has 1 N–H and O–H groups in total. The Morgan fingerprint density at radius 3 is 2.71 bits per heavy atom. The third-order valence-corrected chi connectivity index (χ3v) is 6.58. The van der Waals surface area contributed by atoms with Crippen LogP contribution in [0.25, 0.3) is 16.0 Å². The Balaban J connectivity index is 1.74. The van der Waals surface area contributed by atoms with E-state index in [9.17, 15) is 24.8 Å². The van der Waals surface area contributed by atoms with Crippen molar-refractivity contribution in [3.05, 3.63) is 93.8 Å². The number of methoxy groups -OCH3 is 1. The molecular weight excluding hydrogens is 472 g/mol. The highest BCUT2D eigenvalue weighted by Gasteiger charge is 2.48. The number of non-ortho nitro benzene ring substituents is 1. The normalized spacial score (nSPS) is 17.2. The Kier molecular flexibility index (Phi) is 5.46. The van der Waals surface area contributed by atoms with Gasteiger partial charge in [-0.15, -0.1) is 0 Å². The Labute approximate surface area is 201 Å². The second-order valence-electron chi connectivity index (χ2n) is 7.59. The SMILES string of the molecule is COc1ccc2nc(N3C(=O)C(=O)C(=C(O)c4cccnc4)C3c3cccc([N+](=O)[O-])c3)sc2c1. The summed E-state index contributed by atoms with van der Waals surface area (Å²) in [6.07, 6.45) is 2.86. The van der Waals surface area contributed by atoms with Crippen LogP contribution in [0.4, 0.5) is 10.8 Å². The van der Waals surface area contributed by atoms with Crippen LogP contribution in [0, 0.1) is 10.1 Å². The van der Waals surface area contributed by atoms with E-state index in [1.54, 1.807) is 36.4 Å². The lowest BCUT2D eigenvalue weighted by atomic mass is 9.95. The van der Waals surface area contributed by atoms with Crippen LogP contribution in [0.2, 0.25) is 0 Å². The number of fused-ring (bicyclic) bond motifs is 1. The topological polar surface area (TPSA) is 136 Å². The number of aromatic nitrogens is 2. The van der Waals surface area contributed by atoms with Crippen LogP contribution in [0.1, 0.15) is 17.2 Å². The number of ketones is 1. The minimum atomic E-state index is -1.14. The first-order valence-corrected chi connectivity index (χ1v) is 11.1. The molecule has 1 aliphatic rings. The van der Waals surface area contributed by atoms with Crippen LogP contribution in [0.15, 0.2) is 72.6 Å². The molecule has 35 heavy (non-hydrogen) atoms. The summed E-state index contributed by atoms with van der Waals surface area (Å²) >= 11 is 1.16. The Morgan fingerprint density at radius 2 is 2.00 bits per heavy atom. The molecule has 0 aliphatic carbocycles. The molecule has 10 nitrogen and oxygen atoms in total. The van der Waals surface area contributed by atoms with Gasteiger partial charge < -0.3 is 9.84 Å². The molecule has 174 valence electrons. The molecule has 3 heterocycles. The van der Waals surface area contributed by atoms with Crippen molar-refractivity contribution in [1.29, 1.82) is 0 Å². The highest BCUT2D eigenvalue weighted by atomic mass is 32.1. The van der Waals surface area contributed by atoms with Crippen LogP contribution in [0.3, 0.4) is 0 Å². The number of amides is 1. The lowest BCUT2D eigenvalue weighted by Gasteiger charge is -2.22. The second kappa shape index (κ2) is 8.61. The number of anilines is 1. The fraction of sp³-hybridized carbons (Fsp3) is 0.0833. The minimum Gasteiger partial charge on any atom is -0.507 e. The predicted molar refractivity (Wildman–Crippen MR) is 128 cm³/mol. The molecule has 1 aliphatic heterocycles. The molecule has 1 amide bonds. The zero-order chi connectivity index (χ0) is 24.7. The molecule has 0 saturated carbocycles. The Morgan fingerprint density at radius 1 is 1.17 bits per heavy atom. The fourth-order valence-electron chi connectivity index (χ4n) is 3.93. The number of carbonyl (C=O) groups excluding carboxylic acids is 2. The number of aliphatic hydroxyl groups is 1. The zero-order valence-corrected chi connectivity index (χ0v) is 18.9. The van der Waals surface area contributed by atoms with E-state index in [2.05, 4.69) is 9.97 Å². The maximum absolute atomic E-state index is 13.3. The van der Waals surface area contributed by atoms with Gasteiger partial charge >= 0.3 is 5.91 Å². The van der Waals surface area contributed by atoms with E-state index in [1.807, 2.05) is 0 Å². The highest BCUT2D eigenvalue weighted by molar-refractivity contribution is 7.22. The van der Waals surface area contributed by atoms with Crippen LogP contribution in [0.5, 0.6) is 5.75 Å². The van der Waals surface area contributed by atoms with Crippen LogP contribution < -0.4 is 9.64 Å². The molecule has 0 spiro atoms. The van der Waals surface area contributed by atoms with E-state index in [0.717, 1.165) is 11.3 Å². The highest BCUT2D eigenvalue weighted by Crippen LogP contribution is 2.45. The van der Waals surface area contributed by atoms with Crippen LogP contribution in [-0.2, 0) is 9.59 Å². The number of thiazole rings is 1. The largest absolute Gasteiger partial charge is 0.507 e. The van der Waals surface area contributed by atoms with Gasteiger partial charge in [-0.1, -0.05) is 23.5 Å². The third kappa shape index (κ3) is 3.77. The summed E-state index contributed by atoms with van der Waals surface area (Å²) in [5.74, 6) is -1.67. The van der Waals surface area contributed by atoms with Crippen molar-refractivity contribution >= 4 is 49.8 Å². The number of carbonyl (C=O) groups is 2. The summed E-state index contributed by atoms with van der Waals surface area (Å²) in [7, 11) is 1.53. The number of nitro benzene ring substituents is 1. The van der Waals surface area contributed by atoms with E-state index in [0.29, 0.717) is 16.0 Å². The van der Waals surface area contributed by atoms with Crippen LogP contribution >= 0.6 is 11.3 Å². The Bertz CT molecular complexity index is 1530. The molecular formula is C24H16N4O6S. The molecule has 2 aromatic heterocycles. The number of aliphatic hydroxyl groups excluding tert-OH is 1. The van der Waals surface area contributed by atoms with E-state index in [-0.39, 0.29) is 27.5 Å². The fourth-order valence-corrected chi connectivity index (χ4v) is 4.96. The van der Waals surface area contributed by atoms with Crippen molar-refractivity contribution in [1.82, 2.24) is 9.97 Å². The van der Waals surface area contributed by atoms with Gasteiger partial charge in [0.1, 0.15) is 11.5 Å². The number of hydrogen-bond acceptors (Lipinski definition) is 9. The third-order valence-electron chi connectivity index (χ3n) is 5.57. The van der Waals surface area contributed by atoms with Gasteiger partial charge in [0.05, 0.1) is 33.9 Å². The monoisotopic (exact) mass is 488 g/mol. The quantitative estimate of drug-likeness (QED) is 0.145. The second-order valence-corrected chi connectivity index (χ2v) is 8.60. The molecule has 1 saturated heterocycles. The van der Waals surface area contributed by atoms with Gasteiger partial charge in [0.25, 0.3) is 11.5 Å². The Hall–Kier alpha value is -4.64. The predicted octanol–water partition coefficient (Wildman–Crippen LogP) is 4.23. The molecule has 0 radical (unpaired) electrons. The number of nitrogens with zero attached hydrogens (tertiary/aromatic N) is 4. The van der Waals surface area contributed by atoms with Gasteiger partial charge in [-0.25, -0.2) is 4.98 Å². The van der Waals surface area contributed by atoms with Gasteiger partial charge in [-0.2, -0.15) is 0 Å². The summed E-state index contributed by atoms with van der Waals surface area (Å²) in [6.45, 7) is 0. The molecule has 1 atom stereocenters. The molecule has 1 fully saturated rings. The number of rotatable bonds is 5. The van der Waals surface area contributed by atoms with Gasteiger partial charge in [0, 0.05) is 30.1 Å². The summed E-state index contributed by atoms with van der Waals surface area (Å²) in [5.41, 5.74) is 0.664. The first-order valence-electron chi connectivity index (χ1n) is 10.3. The first-order chi connectivity index (χ1) is 16.9. The number of hydrogen-bond donors (Lipinski definition) is 1. The average Bonchev–Trinajstić information content (AvgIpc) is 3.41. The van der Waals surface area contributed by atoms with E-state index in [4.69, 9.17) is 4.74 Å². The molecule has 11 heteroatoms. The number of Topliss-reactive ketones (excluding diaryl/α,β-unsaturated/α-hetero) is 1. The number of nitro groups is 1. The molecule has 5 rings (SSSR count). The standard InChI is InChI=1S/C24H16N4O6S/c1-34-16-7-8-17-18(11-16)35-24(26-17)27-20(13-4-2-6-15(10-13)28(32)33)19(22(30)23(27)31)21(29)14-5-3-9-25-12-14/h2-12,20,29H,1H3. The summed E-state index contributed by atoms with van der Waals surface area (Å²) in [5, 5.41) is 22.7. The van der Waals surface area contributed by atoms with Gasteiger partial charge in [0.2, 0.25) is 0 Å². The maximum atomic E-state index is 13.3. The summed E-state index contributed by atoms with van der Waals surface area (Å²) in [6, 6.07) is 12.8. The number of ether oxygens (including phenoxy) is 1. The van der Waals surface area contributed by atoms with Gasteiger partial charge in [-0.3, -0.25) is 29.6 Å². The summed E-state index contributed by atoms with van der Waals surface area (Å²) < 4.78 is 5.97. The van der Waals surface area contributed by atoms with Crippen molar-refractivity contribution in [2.75, 3.05) is 12.0 Å². The minimum absolute atomic E-state index is 0.206. The average molecular weight is 488 g/mol. The molecule has 2 aromatic carbocycles. The van der Waals surface area contributed by atoms with Gasteiger partial charge in [-0.05, 0) is 35.9 Å². The van der Waals surface area contributed by atoms with Crippen molar-refractivity contribution in [2.24, 2.45) is 0 Å². The van der Waals surface area contributed by atoms with Crippen molar-refractivity contribution < 1.29 is 24.4 Å². The van der Waals surface area contributed by atoms with E-state index in [1.165, 1.54) is 42.6 Å². The van der Waals surface area contributed by atoms with Gasteiger partial charge in [0.15, 0.2) is 5.13 Å². The maximum Gasteiger partial charge on any atom is 0.301 e. The number of benzene rings is 2. The van der Waals surface area contributed by atoms with Crippen molar-refractivity contribution in [3.8, 4) is 5.75 Å². The first kappa shape index (κ1) is 22.2. The number of pyridine rings is 1. The lowest BCUT2D eigenvalue weighted by Crippen LogP contribution is -2.29. The van der Waals surface area contributed by atoms with Crippen LogP contribution in [-0.4, -0.2) is 38.8 Å². The van der Waals surface area contributed by atoms with E-state index < -0.39 is 28.4 Å². The summed E-state index contributed by atoms with van der Waals surface area (Å²) in [4.78, 5) is 47.0. The smallest absolute Gasteiger partial charge is 0.301 e. The molecule has 0 bridgehead atoms. The molecule has 1 unspecified atom stereocenters. The zero-order valence-electron chi connectivity index (χ0n) is 18.1. The van der Waals surface area contributed by atoms with E-state index >= 15 is 0 Å².